The van der Waals surface area contributed by atoms with Crippen LogP contribution in [0.2, 0.25) is 0 Å². The molecule has 0 unspecified atom stereocenters. The molecule has 80 valence electrons. The molecule has 1 aromatic rings. The molecule has 0 fully saturated rings. The van der Waals surface area contributed by atoms with Crippen LogP contribution in [0.4, 0.5) is 5.82 Å². The number of pyridine rings is 1. The highest BCUT2D eigenvalue weighted by molar-refractivity contribution is 14.1. The van der Waals surface area contributed by atoms with Crippen LogP contribution in [0.3, 0.4) is 0 Å². The number of carboxylic acids is 1. The summed E-state index contributed by atoms with van der Waals surface area (Å²) < 4.78 is 5.49. The smallest absolute Gasteiger partial charge is 0.337 e. The van der Waals surface area contributed by atoms with Crippen molar-refractivity contribution in [3.8, 4) is 0 Å². The van der Waals surface area contributed by atoms with E-state index in [1.165, 1.54) is 12.3 Å². The van der Waals surface area contributed by atoms with Crippen molar-refractivity contribution in [2.24, 2.45) is 4.99 Å². The Morgan fingerprint density at radius 2 is 2.53 bits per heavy atom. The van der Waals surface area contributed by atoms with Gasteiger partial charge in [0.15, 0.2) is 5.82 Å². The van der Waals surface area contributed by atoms with Crippen molar-refractivity contribution in [1.29, 1.82) is 0 Å². The number of carbonyl (C=O) groups is 1. The van der Waals surface area contributed by atoms with Crippen molar-refractivity contribution in [2.75, 3.05) is 13.7 Å². The number of halogens is 1. The summed E-state index contributed by atoms with van der Waals surface area (Å²) in [4.78, 5) is 18.6. The van der Waals surface area contributed by atoms with E-state index in [9.17, 15) is 4.79 Å². The molecule has 0 radical (unpaired) electrons. The van der Waals surface area contributed by atoms with E-state index >= 15 is 0 Å². The fourth-order valence-corrected chi connectivity index (χ4v) is 1.45. The summed E-state index contributed by atoms with van der Waals surface area (Å²) in [5.41, 5.74) is 0.157. The van der Waals surface area contributed by atoms with Gasteiger partial charge in [-0.25, -0.2) is 14.8 Å². The van der Waals surface area contributed by atoms with Crippen LogP contribution in [0.5, 0.6) is 0 Å². The molecule has 5 nitrogen and oxygen atoms in total. The van der Waals surface area contributed by atoms with Crippen molar-refractivity contribution < 1.29 is 14.6 Å². The van der Waals surface area contributed by atoms with E-state index in [0.29, 0.717) is 16.0 Å². The lowest BCUT2D eigenvalue weighted by atomic mass is 10.3. The van der Waals surface area contributed by atoms with Gasteiger partial charge in [0.2, 0.25) is 0 Å². The summed E-state index contributed by atoms with van der Waals surface area (Å²) in [5.74, 6) is -0.495. The summed E-state index contributed by atoms with van der Waals surface area (Å²) in [7, 11) is 1.57. The predicted octanol–water partition coefficient (Wildman–Crippen LogP) is 1.73. The monoisotopic (exact) mass is 320 g/mol. The Hall–Kier alpha value is -1.02. The number of nitrogens with zero attached hydrogens (tertiary/aromatic N) is 2. The maximum atomic E-state index is 10.6. The van der Waals surface area contributed by atoms with E-state index in [0.717, 1.165) is 0 Å². The van der Waals surface area contributed by atoms with Crippen molar-refractivity contribution in [3.63, 3.8) is 0 Å². The first kappa shape index (κ1) is 12.1. The standard InChI is InChI=1S/C9H9IN2O3/c1-15-3-2-11-8-7(10)4-6(5-12-8)9(13)14/h2,4-5H,3H2,1H3,(H,13,14). The van der Waals surface area contributed by atoms with Gasteiger partial charge in [-0.05, 0) is 28.7 Å². The fraction of sp³-hybridized carbons (Fsp3) is 0.222. The van der Waals surface area contributed by atoms with E-state index in [1.807, 2.05) is 22.6 Å². The number of aromatic nitrogens is 1. The third-order valence-corrected chi connectivity index (χ3v) is 2.32. The summed E-state index contributed by atoms with van der Waals surface area (Å²) >= 11 is 1.99. The summed E-state index contributed by atoms with van der Waals surface area (Å²) in [6, 6.07) is 1.52. The van der Waals surface area contributed by atoms with Gasteiger partial charge >= 0.3 is 5.97 Å². The average molecular weight is 320 g/mol. The first-order chi connectivity index (χ1) is 7.15. The molecule has 1 N–H and O–H groups in total. The maximum Gasteiger partial charge on any atom is 0.337 e. The van der Waals surface area contributed by atoms with Crippen molar-refractivity contribution >= 4 is 40.6 Å². The maximum absolute atomic E-state index is 10.6. The Labute approximate surface area is 100 Å². The molecule has 0 saturated carbocycles. The minimum absolute atomic E-state index is 0.157. The third kappa shape index (κ3) is 3.56. The minimum Gasteiger partial charge on any atom is -0.478 e. The summed E-state index contributed by atoms with van der Waals surface area (Å²) in [6.07, 6.45) is 2.86. The first-order valence-electron chi connectivity index (χ1n) is 4.05. The molecule has 0 aliphatic rings. The molecule has 0 aliphatic heterocycles. The molecule has 0 spiro atoms. The number of aliphatic imine (C=N–C) groups is 1. The highest BCUT2D eigenvalue weighted by Crippen LogP contribution is 2.18. The number of carboxylic acid groups (broad SMARTS) is 1. The fourth-order valence-electron chi connectivity index (χ4n) is 0.841. The summed E-state index contributed by atoms with van der Waals surface area (Å²) in [5, 5.41) is 8.71. The normalized spacial score (nSPS) is 10.8. The minimum atomic E-state index is -0.993. The predicted molar refractivity (Wildman–Crippen MR) is 63.9 cm³/mol. The SMILES string of the molecule is COCC=Nc1ncc(C(=O)O)cc1I. The molecule has 1 heterocycles. The molecule has 15 heavy (non-hydrogen) atoms. The van der Waals surface area contributed by atoms with Gasteiger partial charge in [-0.15, -0.1) is 0 Å². The molecular formula is C9H9IN2O3. The Bertz CT molecular complexity index is 393. The van der Waals surface area contributed by atoms with Crippen molar-refractivity contribution in [2.45, 2.75) is 0 Å². The van der Waals surface area contributed by atoms with Crippen LogP contribution in [-0.2, 0) is 4.74 Å². The zero-order valence-electron chi connectivity index (χ0n) is 7.98. The Balaban J connectivity index is 2.88. The molecule has 0 amide bonds. The summed E-state index contributed by atoms with van der Waals surface area (Å²) in [6.45, 7) is 0.401. The van der Waals surface area contributed by atoms with Crippen LogP contribution >= 0.6 is 22.6 Å². The Morgan fingerprint density at radius 1 is 1.80 bits per heavy atom. The lowest BCUT2D eigenvalue weighted by molar-refractivity contribution is 0.0696. The molecule has 0 saturated heterocycles. The van der Waals surface area contributed by atoms with Crippen LogP contribution < -0.4 is 0 Å². The lowest BCUT2D eigenvalue weighted by Crippen LogP contribution is -1.98. The molecule has 1 rings (SSSR count). The molecule has 1 aromatic heterocycles. The largest absolute Gasteiger partial charge is 0.478 e. The van der Waals surface area contributed by atoms with Crippen LogP contribution in [0.15, 0.2) is 17.3 Å². The van der Waals surface area contributed by atoms with E-state index in [2.05, 4.69) is 9.98 Å². The molecule has 0 aliphatic carbocycles. The zero-order chi connectivity index (χ0) is 11.3. The second-order valence-electron chi connectivity index (χ2n) is 2.60. The molecular weight excluding hydrogens is 311 g/mol. The number of hydrogen-bond donors (Lipinski definition) is 1. The molecule has 0 aromatic carbocycles. The van der Waals surface area contributed by atoms with Gasteiger partial charge in [0.1, 0.15) is 0 Å². The average Bonchev–Trinajstić information content (AvgIpc) is 2.20. The van der Waals surface area contributed by atoms with Gasteiger partial charge in [0.05, 0.1) is 15.7 Å². The molecule has 6 heteroatoms. The van der Waals surface area contributed by atoms with Crippen LogP contribution in [0, 0.1) is 3.57 Å². The number of hydrogen-bond acceptors (Lipinski definition) is 4. The van der Waals surface area contributed by atoms with Crippen molar-refractivity contribution in [1.82, 2.24) is 4.98 Å². The molecule has 0 bridgehead atoms. The lowest BCUT2D eigenvalue weighted by Gasteiger charge is -1.98. The van der Waals surface area contributed by atoms with Gasteiger partial charge in [0.25, 0.3) is 0 Å². The topological polar surface area (TPSA) is 71.8 Å². The Morgan fingerprint density at radius 3 is 3.07 bits per heavy atom. The van der Waals surface area contributed by atoms with E-state index in [4.69, 9.17) is 9.84 Å². The third-order valence-electron chi connectivity index (χ3n) is 1.52. The van der Waals surface area contributed by atoms with E-state index < -0.39 is 5.97 Å². The van der Waals surface area contributed by atoms with Gasteiger partial charge in [-0.3, -0.25) is 0 Å². The second-order valence-corrected chi connectivity index (χ2v) is 3.76. The van der Waals surface area contributed by atoms with E-state index in [-0.39, 0.29) is 5.56 Å². The highest BCUT2D eigenvalue weighted by Gasteiger charge is 2.06. The Kier molecular flexibility index (Phi) is 4.63. The first-order valence-corrected chi connectivity index (χ1v) is 5.13. The van der Waals surface area contributed by atoms with Crippen LogP contribution in [0.25, 0.3) is 0 Å². The second kappa shape index (κ2) is 5.76. The van der Waals surface area contributed by atoms with Crippen molar-refractivity contribution in [3.05, 3.63) is 21.4 Å². The van der Waals surface area contributed by atoms with Crippen LogP contribution in [0.1, 0.15) is 10.4 Å². The quantitative estimate of drug-likeness (QED) is 0.677. The highest BCUT2D eigenvalue weighted by atomic mass is 127. The number of ether oxygens (including phenoxy) is 1. The zero-order valence-corrected chi connectivity index (χ0v) is 10.1. The number of rotatable bonds is 4. The molecule has 0 atom stereocenters. The van der Waals surface area contributed by atoms with E-state index in [1.54, 1.807) is 13.3 Å². The number of methoxy groups -OCH3 is 1. The van der Waals surface area contributed by atoms with Gasteiger partial charge in [-0.1, -0.05) is 0 Å². The number of aromatic carboxylic acids is 1. The van der Waals surface area contributed by atoms with Crippen LogP contribution in [-0.4, -0.2) is 36.0 Å². The van der Waals surface area contributed by atoms with Gasteiger partial charge < -0.3 is 9.84 Å². The van der Waals surface area contributed by atoms with Gasteiger partial charge in [-0.2, -0.15) is 0 Å². The van der Waals surface area contributed by atoms with Gasteiger partial charge in [0, 0.05) is 19.5 Å².